The van der Waals surface area contributed by atoms with Gasteiger partial charge in [-0.2, -0.15) is 4.98 Å². The molecule has 4 nitrogen and oxygen atoms in total. The smallest absolute Gasteiger partial charge is 0.230 e. The number of allylic oxidation sites excluding steroid dienone is 2. The van der Waals surface area contributed by atoms with Crippen LogP contribution in [0.25, 0.3) is 0 Å². The summed E-state index contributed by atoms with van der Waals surface area (Å²) in [6, 6.07) is 0. The molecule has 0 unspecified atom stereocenters. The molecule has 0 aliphatic heterocycles. The van der Waals surface area contributed by atoms with Crippen LogP contribution >= 0.6 is 0 Å². The van der Waals surface area contributed by atoms with Crippen LogP contribution in [0.15, 0.2) is 30.8 Å². The Morgan fingerprint density at radius 1 is 1.54 bits per heavy atom. The second-order valence-corrected chi connectivity index (χ2v) is 2.43. The summed E-state index contributed by atoms with van der Waals surface area (Å²) in [5, 5.41) is 3.00. The zero-order chi connectivity index (χ0) is 9.68. The first kappa shape index (κ1) is 9.38. The molecule has 0 bridgehead atoms. The van der Waals surface area contributed by atoms with E-state index in [4.69, 9.17) is 0 Å². The molecular weight excluding hydrogens is 164 g/mol. The summed E-state index contributed by atoms with van der Waals surface area (Å²) in [6.45, 7) is 7.38. The second kappa shape index (κ2) is 4.35. The van der Waals surface area contributed by atoms with Crippen LogP contribution in [0.2, 0.25) is 0 Å². The van der Waals surface area contributed by atoms with E-state index in [2.05, 4.69) is 26.8 Å². The van der Waals surface area contributed by atoms with Crippen LogP contribution in [-0.2, 0) is 0 Å². The molecule has 0 aromatic carbocycles. The molecule has 0 amide bonds. The molecule has 0 saturated heterocycles. The molecule has 1 heterocycles. The van der Waals surface area contributed by atoms with E-state index in [9.17, 15) is 0 Å². The molecule has 0 saturated carbocycles. The number of aromatic nitrogens is 3. The van der Waals surface area contributed by atoms with Gasteiger partial charge in [-0.1, -0.05) is 12.7 Å². The number of nitrogens with zero attached hydrogens (tertiary/aromatic N) is 3. The lowest BCUT2D eigenvalue weighted by atomic mass is 10.4. The molecule has 1 aromatic heterocycles. The van der Waals surface area contributed by atoms with Crippen LogP contribution in [0.1, 0.15) is 12.7 Å². The van der Waals surface area contributed by atoms with Crippen molar-refractivity contribution in [3.8, 4) is 0 Å². The highest BCUT2D eigenvalue weighted by atomic mass is 15.1. The zero-order valence-corrected chi connectivity index (χ0v) is 7.78. The summed E-state index contributed by atoms with van der Waals surface area (Å²) in [6.07, 6.45) is 5.08. The summed E-state index contributed by atoms with van der Waals surface area (Å²) in [5.74, 6) is 1.23. The minimum absolute atomic E-state index is 0.542. The van der Waals surface area contributed by atoms with Gasteiger partial charge in [-0.05, 0) is 19.9 Å². The van der Waals surface area contributed by atoms with Gasteiger partial charge < -0.3 is 5.32 Å². The van der Waals surface area contributed by atoms with Crippen molar-refractivity contribution in [3.05, 3.63) is 36.6 Å². The molecule has 13 heavy (non-hydrogen) atoms. The Morgan fingerprint density at radius 3 is 2.85 bits per heavy atom. The van der Waals surface area contributed by atoms with E-state index < -0.39 is 0 Å². The van der Waals surface area contributed by atoms with Crippen LogP contribution in [0.4, 0.5) is 5.95 Å². The van der Waals surface area contributed by atoms with Gasteiger partial charge in [0.05, 0.1) is 0 Å². The highest BCUT2D eigenvalue weighted by Crippen LogP contribution is 2.02. The van der Waals surface area contributed by atoms with Gasteiger partial charge in [0.15, 0.2) is 0 Å². The van der Waals surface area contributed by atoms with E-state index in [1.165, 1.54) is 6.33 Å². The van der Waals surface area contributed by atoms with Crippen molar-refractivity contribution in [1.29, 1.82) is 0 Å². The monoisotopic (exact) mass is 176 g/mol. The Hall–Kier alpha value is -1.71. The molecule has 0 aliphatic carbocycles. The zero-order valence-electron chi connectivity index (χ0n) is 7.78. The molecule has 0 atom stereocenters. The summed E-state index contributed by atoms with van der Waals surface area (Å²) >= 11 is 0. The molecule has 0 aliphatic rings. The Bertz CT molecular complexity index is 330. The van der Waals surface area contributed by atoms with Gasteiger partial charge in [0.25, 0.3) is 0 Å². The van der Waals surface area contributed by atoms with E-state index in [1.807, 2.05) is 19.9 Å². The Kier molecular flexibility index (Phi) is 3.14. The van der Waals surface area contributed by atoms with Crippen LogP contribution in [-0.4, -0.2) is 15.0 Å². The summed E-state index contributed by atoms with van der Waals surface area (Å²) in [4.78, 5) is 11.9. The molecule has 0 fully saturated rings. The van der Waals surface area contributed by atoms with Crippen molar-refractivity contribution >= 4 is 5.95 Å². The lowest BCUT2D eigenvalue weighted by Gasteiger charge is -2.03. The highest BCUT2D eigenvalue weighted by Gasteiger charge is 1.96. The lowest BCUT2D eigenvalue weighted by Crippen LogP contribution is -2.02. The minimum Gasteiger partial charge on any atom is -0.324 e. The van der Waals surface area contributed by atoms with E-state index >= 15 is 0 Å². The fourth-order valence-electron chi connectivity index (χ4n) is 0.808. The van der Waals surface area contributed by atoms with Crippen molar-refractivity contribution in [3.63, 3.8) is 0 Å². The van der Waals surface area contributed by atoms with Crippen molar-refractivity contribution in [2.75, 3.05) is 5.32 Å². The molecule has 1 rings (SSSR count). The second-order valence-electron chi connectivity index (χ2n) is 2.43. The van der Waals surface area contributed by atoms with Gasteiger partial charge in [0.1, 0.15) is 12.2 Å². The van der Waals surface area contributed by atoms with Gasteiger partial charge in [-0.25, -0.2) is 9.97 Å². The topological polar surface area (TPSA) is 50.7 Å². The molecule has 1 aromatic rings. The third kappa shape index (κ3) is 2.66. The van der Waals surface area contributed by atoms with Gasteiger partial charge in [0, 0.05) is 5.70 Å². The first-order valence-corrected chi connectivity index (χ1v) is 3.97. The molecular formula is C9H12N4. The van der Waals surface area contributed by atoms with Crippen LogP contribution in [0, 0.1) is 6.92 Å². The Balaban J connectivity index is 2.79. The van der Waals surface area contributed by atoms with Gasteiger partial charge in [-0.3, -0.25) is 0 Å². The first-order valence-electron chi connectivity index (χ1n) is 3.97. The molecule has 1 N–H and O–H groups in total. The lowest BCUT2D eigenvalue weighted by molar-refractivity contribution is 0.977. The number of nitrogens with one attached hydrogen (secondary N) is 1. The number of rotatable bonds is 3. The third-order valence-electron chi connectivity index (χ3n) is 1.48. The van der Waals surface area contributed by atoms with Crippen molar-refractivity contribution in [1.82, 2.24) is 15.0 Å². The number of hydrogen-bond acceptors (Lipinski definition) is 4. The highest BCUT2D eigenvalue weighted by molar-refractivity contribution is 5.37. The maximum atomic E-state index is 4.09. The summed E-state index contributed by atoms with van der Waals surface area (Å²) in [7, 11) is 0. The SMILES string of the molecule is C=C/C(=C\C)Nc1ncnc(C)n1. The van der Waals surface area contributed by atoms with E-state index in [1.54, 1.807) is 6.08 Å². The fraction of sp³-hybridized carbons (Fsp3) is 0.222. The van der Waals surface area contributed by atoms with Crippen molar-refractivity contribution in [2.24, 2.45) is 0 Å². The number of anilines is 1. The fourth-order valence-corrected chi connectivity index (χ4v) is 0.808. The standard InChI is InChI=1S/C9H12N4/c1-4-8(5-2)13-9-11-6-10-7(3)12-9/h4-6H,1H2,2-3H3,(H,10,11,12,13)/b8-5+. The normalized spacial score (nSPS) is 11.1. The first-order chi connectivity index (χ1) is 6.26. The number of hydrogen-bond donors (Lipinski definition) is 1. The van der Waals surface area contributed by atoms with E-state index in [0.29, 0.717) is 11.8 Å². The number of aryl methyl sites for hydroxylation is 1. The minimum atomic E-state index is 0.542. The summed E-state index contributed by atoms with van der Waals surface area (Å²) < 4.78 is 0. The third-order valence-corrected chi connectivity index (χ3v) is 1.48. The van der Waals surface area contributed by atoms with Gasteiger partial charge in [0.2, 0.25) is 5.95 Å². The Labute approximate surface area is 77.5 Å². The molecule has 0 radical (unpaired) electrons. The predicted molar refractivity (Wildman–Crippen MR) is 52.1 cm³/mol. The van der Waals surface area contributed by atoms with E-state index in [-0.39, 0.29) is 0 Å². The molecule has 0 spiro atoms. The average Bonchev–Trinajstić information content (AvgIpc) is 2.14. The Morgan fingerprint density at radius 2 is 2.31 bits per heavy atom. The predicted octanol–water partition coefficient (Wildman–Crippen LogP) is 1.68. The van der Waals surface area contributed by atoms with Crippen molar-refractivity contribution < 1.29 is 0 Å². The summed E-state index contributed by atoms with van der Waals surface area (Å²) in [5.41, 5.74) is 0.880. The van der Waals surface area contributed by atoms with Crippen LogP contribution in [0.3, 0.4) is 0 Å². The van der Waals surface area contributed by atoms with Gasteiger partial charge in [-0.15, -0.1) is 0 Å². The van der Waals surface area contributed by atoms with Crippen molar-refractivity contribution in [2.45, 2.75) is 13.8 Å². The molecule has 68 valence electrons. The maximum Gasteiger partial charge on any atom is 0.230 e. The molecule has 4 heteroatoms. The largest absolute Gasteiger partial charge is 0.324 e. The van der Waals surface area contributed by atoms with E-state index in [0.717, 1.165) is 5.70 Å². The van der Waals surface area contributed by atoms with Gasteiger partial charge >= 0.3 is 0 Å². The average molecular weight is 176 g/mol. The quantitative estimate of drug-likeness (QED) is 0.712. The maximum absolute atomic E-state index is 4.09. The van der Waals surface area contributed by atoms with Crippen LogP contribution in [0.5, 0.6) is 0 Å². The van der Waals surface area contributed by atoms with Crippen LogP contribution < -0.4 is 5.32 Å².